The number of amides is 3. The van der Waals surface area contributed by atoms with E-state index in [-0.39, 0.29) is 36.5 Å². The van der Waals surface area contributed by atoms with Crippen LogP contribution in [-0.2, 0) is 32.1 Å². The molecule has 1 aliphatic rings. The first-order chi connectivity index (χ1) is 17.3. The zero-order valence-electron chi connectivity index (χ0n) is 19.3. The molecule has 0 bridgehead atoms. The van der Waals surface area contributed by atoms with Gasteiger partial charge >= 0.3 is 5.97 Å². The first kappa shape index (κ1) is 25.1. The van der Waals surface area contributed by atoms with E-state index in [1.807, 2.05) is 0 Å². The Bertz CT molecular complexity index is 1290. The second kappa shape index (κ2) is 10.7. The van der Waals surface area contributed by atoms with Crippen LogP contribution in [0.3, 0.4) is 0 Å². The van der Waals surface area contributed by atoms with Crippen LogP contribution in [0.25, 0.3) is 0 Å². The van der Waals surface area contributed by atoms with Gasteiger partial charge in [0.2, 0.25) is 11.8 Å². The largest absolute Gasteiger partial charge is 0.465 e. The standard InChI is InChI=1S/C27H22ClFN2O5/c1-36-27(35)19-6-12-22(13-7-19)31-25(33)15-23(26(31)34)30(16-18-4-10-21(29)11-5-18)24(32)14-17-2-8-20(28)9-3-17/h2-13,23H,14-16H2,1H3. The van der Waals surface area contributed by atoms with Crippen LogP contribution in [0.1, 0.15) is 27.9 Å². The van der Waals surface area contributed by atoms with Crippen molar-refractivity contribution < 1.29 is 28.3 Å². The fourth-order valence-corrected chi connectivity index (χ4v) is 4.16. The summed E-state index contributed by atoms with van der Waals surface area (Å²) in [7, 11) is 1.26. The first-order valence-electron chi connectivity index (χ1n) is 11.1. The lowest BCUT2D eigenvalue weighted by molar-refractivity contribution is -0.138. The lowest BCUT2D eigenvalue weighted by atomic mass is 10.1. The van der Waals surface area contributed by atoms with Crippen molar-refractivity contribution in [2.24, 2.45) is 0 Å². The number of ether oxygens (including phenoxy) is 1. The molecule has 3 aromatic carbocycles. The summed E-state index contributed by atoms with van der Waals surface area (Å²) >= 11 is 5.94. The molecule has 4 rings (SSSR count). The number of anilines is 1. The number of methoxy groups -OCH3 is 1. The average Bonchev–Trinajstić information content (AvgIpc) is 3.17. The average molecular weight is 509 g/mol. The molecule has 1 fully saturated rings. The molecule has 1 aliphatic heterocycles. The Morgan fingerprint density at radius 1 is 0.972 bits per heavy atom. The van der Waals surface area contributed by atoms with Gasteiger partial charge in [0.25, 0.3) is 5.91 Å². The molecule has 36 heavy (non-hydrogen) atoms. The van der Waals surface area contributed by atoms with Crippen LogP contribution in [0.15, 0.2) is 72.8 Å². The van der Waals surface area contributed by atoms with Gasteiger partial charge < -0.3 is 9.64 Å². The van der Waals surface area contributed by atoms with Gasteiger partial charge in [0.1, 0.15) is 11.9 Å². The second-order valence-corrected chi connectivity index (χ2v) is 8.71. The molecular weight excluding hydrogens is 487 g/mol. The molecule has 7 nitrogen and oxygen atoms in total. The molecular formula is C27H22ClFN2O5. The molecule has 184 valence electrons. The van der Waals surface area contributed by atoms with Crippen molar-refractivity contribution in [2.75, 3.05) is 12.0 Å². The summed E-state index contributed by atoms with van der Waals surface area (Å²) in [5.74, 6) is -2.37. The third kappa shape index (κ3) is 5.44. The predicted molar refractivity (Wildman–Crippen MR) is 131 cm³/mol. The van der Waals surface area contributed by atoms with Crippen LogP contribution in [0, 0.1) is 5.82 Å². The minimum atomic E-state index is -1.04. The minimum Gasteiger partial charge on any atom is -0.465 e. The van der Waals surface area contributed by atoms with E-state index in [2.05, 4.69) is 4.74 Å². The summed E-state index contributed by atoms with van der Waals surface area (Å²) in [5.41, 5.74) is 1.86. The Morgan fingerprint density at radius 2 is 1.58 bits per heavy atom. The first-order valence-corrected chi connectivity index (χ1v) is 11.5. The van der Waals surface area contributed by atoms with Gasteiger partial charge in [-0.15, -0.1) is 0 Å². The maximum Gasteiger partial charge on any atom is 0.337 e. The summed E-state index contributed by atoms with van der Waals surface area (Å²) in [6.45, 7) is 0.0194. The van der Waals surface area contributed by atoms with Crippen LogP contribution in [-0.4, -0.2) is 41.7 Å². The monoisotopic (exact) mass is 508 g/mol. The SMILES string of the molecule is COC(=O)c1ccc(N2C(=O)CC(N(Cc3ccc(F)cc3)C(=O)Cc3ccc(Cl)cc3)C2=O)cc1. The molecule has 1 unspecified atom stereocenters. The van der Waals surface area contributed by atoms with E-state index in [9.17, 15) is 23.6 Å². The van der Waals surface area contributed by atoms with E-state index >= 15 is 0 Å². The van der Waals surface area contributed by atoms with Crippen molar-refractivity contribution in [2.45, 2.75) is 25.4 Å². The van der Waals surface area contributed by atoms with E-state index in [4.69, 9.17) is 11.6 Å². The third-order valence-corrected chi connectivity index (χ3v) is 6.15. The zero-order chi connectivity index (χ0) is 25.8. The van der Waals surface area contributed by atoms with E-state index in [1.54, 1.807) is 24.3 Å². The molecule has 1 saturated heterocycles. The topological polar surface area (TPSA) is 84.0 Å². The zero-order valence-corrected chi connectivity index (χ0v) is 20.1. The summed E-state index contributed by atoms with van der Waals surface area (Å²) in [6.07, 6.45) is -0.213. The fourth-order valence-electron chi connectivity index (χ4n) is 4.03. The highest BCUT2D eigenvalue weighted by Crippen LogP contribution is 2.28. The van der Waals surface area contributed by atoms with Gasteiger partial charge in [0.15, 0.2) is 0 Å². The van der Waals surface area contributed by atoms with Crippen molar-refractivity contribution in [3.63, 3.8) is 0 Å². The molecule has 0 radical (unpaired) electrons. The Morgan fingerprint density at radius 3 is 2.19 bits per heavy atom. The maximum atomic E-state index is 13.4. The van der Waals surface area contributed by atoms with Gasteiger partial charge in [-0.05, 0) is 59.7 Å². The number of carbonyl (C=O) groups excluding carboxylic acids is 4. The van der Waals surface area contributed by atoms with E-state index < -0.39 is 29.6 Å². The summed E-state index contributed by atoms with van der Waals surface area (Å²) in [4.78, 5) is 53.8. The predicted octanol–water partition coefficient (Wildman–Crippen LogP) is 4.17. The lowest BCUT2D eigenvalue weighted by Gasteiger charge is -2.28. The number of nitrogens with zero attached hydrogens (tertiary/aromatic N) is 2. The Hall–Kier alpha value is -4.04. The molecule has 0 aliphatic carbocycles. The Kier molecular flexibility index (Phi) is 7.45. The van der Waals surface area contributed by atoms with Crippen molar-refractivity contribution in [3.05, 3.63) is 100 Å². The molecule has 3 aromatic rings. The lowest BCUT2D eigenvalue weighted by Crippen LogP contribution is -2.45. The molecule has 0 N–H and O–H groups in total. The van der Waals surface area contributed by atoms with Gasteiger partial charge in [0.05, 0.1) is 31.2 Å². The van der Waals surface area contributed by atoms with Crippen LogP contribution in [0.4, 0.5) is 10.1 Å². The van der Waals surface area contributed by atoms with Crippen LogP contribution >= 0.6 is 11.6 Å². The number of esters is 1. The normalized spacial score (nSPS) is 15.2. The van der Waals surface area contributed by atoms with Crippen molar-refractivity contribution in [3.8, 4) is 0 Å². The quantitative estimate of drug-likeness (QED) is 0.353. The molecule has 0 aromatic heterocycles. The molecule has 0 spiro atoms. The van der Waals surface area contributed by atoms with Crippen molar-refractivity contribution in [1.82, 2.24) is 4.90 Å². The number of hydrogen-bond donors (Lipinski definition) is 0. The number of rotatable bonds is 7. The Labute approximate surface area is 212 Å². The highest BCUT2D eigenvalue weighted by Gasteiger charge is 2.44. The van der Waals surface area contributed by atoms with Crippen LogP contribution < -0.4 is 4.90 Å². The smallest absolute Gasteiger partial charge is 0.337 e. The number of benzene rings is 3. The van der Waals surface area contributed by atoms with Gasteiger partial charge in [-0.3, -0.25) is 14.4 Å². The van der Waals surface area contributed by atoms with Crippen molar-refractivity contribution >= 4 is 41.0 Å². The van der Waals surface area contributed by atoms with Gasteiger partial charge in [0, 0.05) is 11.6 Å². The summed E-state index contributed by atoms with van der Waals surface area (Å²) in [5, 5.41) is 0.528. The summed E-state index contributed by atoms with van der Waals surface area (Å²) < 4.78 is 18.1. The molecule has 0 saturated carbocycles. The summed E-state index contributed by atoms with van der Waals surface area (Å²) in [6, 6.07) is 17.2. The third-order valence-electron chi connectivity index (χ3n) is 5.90. The number of hydrogen-bond acceptors (Lipinski definition) is 5. The van der Waals surface area contributed by atoms with Gasteiger partial charge in [-0.25, -0.2) is 14.1 Å². The fraction of sp³-hybridized carbons (Fsp3) is 0.185. The molecule has 1 heterocycles. The number of halogens is 2. The highest BCUT2D eigenvalue weighted by atomic mass is 35.5. The van der Waals surface area contributed by atoms with E-state index in [0.29, 0.717) is 16.1 Å². The van der Waals surface area contributed by atoms with Crippen molar-refractivity contribution in [1.29, 1.82) is 0 Å². The number of carbonyl (C=O) groups is 4. The second-order valence-electron chi connectivity index (χ2n) is 8.28. The minimum absolute atomic E-state index is 0.00976. The molecule has 1 atom stereocenters. The van der Waals surface area contributed by atoms with Gasteiger partial charge in [-0.2, -0.15) is 0 Å². The van der Waals surface area contributed by atoms with E-state index in [1.165, 1.54) is 60.5 Å². The molecule has 3 amide bonds. The molecule has 9 heteroatoms. The highest BCUT2D eigenvalue weighted by molar-refractivity contribution is 6.30. The number of imide groups is 1. The Balaban J connectivity index is 1.61. The van der Waals surface area contributed by atoms with Gasteiger partial charge in [-0.1, -0.05) is 35.9 Å². The van der Waals surface area contributed by atoms with Crippen LogP contribution in [0.5, 0.6) is 0 Å². The van der Waals surface area contributed by atoms with Crippen LogP contribution in [0.2, 0.25) is 5.02 Å². The van der Waals surface area contributed by atoms with E-state index in [0.717, 1.165) is 4.90 Å². The maximum absolute atomic E-state index is 13.4.